The molecule has 0 saturated heterocycles. The third-order valence-electron chi connectivity index (χ3n) is 3.58. The lowest BCUT2D eigenvalue weighted by atomic mass is 10.0. The summed E-state index contributed by atoms with van der Waals surface area (Å²) in [6.07, 6.45) is -0.181. The maximum absolute atomic E-state index is 11.3. The van der Waals surface area contributed by atoms with Gasteiger partial charge in [0.15, 0.2) is 0 Å². The molecular formula is C16H16ClNO2S. The Hall–Kier alpha value is -1.36. The first-order valence-corrected chi connectivity index (χ1v) is 8.08. The summed E-state index contributed by atoms with van der Waals surface area (Å²) in [6.45, 7) is 3.79. The van der Waals surface area contributed by atoms with Crippen molar-refractivity contribution in [2.24, 2.45) is 0 Å². The molecule has 2 heterocycles. The highest BCUT2D eigenvalue weighted by Gasteiger charge is 2.28. The van der Waals surface area contributed by atoms with E-state index in [1.54, 1.807) is 11.3 Å². The number of ether oxygens (including phenoxy) is 1. The molecule has 0 N–H and O–H groups in total. The summed E-state index contributed by atoms with van der Waals surface area (Å²) in [4.78, 5) is 14.8. The van der Waals surface area contributed by atoms with Gasteiger partial charge in [0.2, 0.25) is 0 Å². The fourth-order valence-corrected chi connectivity index (χ4v) is 3.82. The molecule has 5 heteroatoms. The van der Waals surface area contributed by atoms with Gasteiger partial charge in [0, 0.05) is 42.0 Å². The molecule has 1 aromatic heterocycles. The first-order chi connectivity index (χ1) is 10.1. The first kappa shape index (κ1) is 14.6. The number of esters is 1. The maximum Gasteiger partial charge on any atom is 0.303 e. The van der Waals surface area contributed by atoms with Crippen LogP contribution in [0.5, 0.6) is 0 Å². The Morgan fingerprint density at radius 2 is 2.24 bits per heavy atom. The molecular weight excluding hydrogens is 306 g/mol. The third-order valence-corrected chi connectivity index (χ3v) is 4.87. The zero-order valence-corrected chi connectivity index (χ0v) is 13.3. The van der Waals surface area contributed by atoms with Crippen molar-refractivity contribution in [1.29, 1.82) is 0 Å². The molecule has 110 valence electrons. The van der Waals surface area contributed by atoms with E-state index in [1.165, 1.54) is 11.8 Å². The summed E-state index contributed by atoms with van der Waals surface area (Å²) in [5.74, 6) is -0.239. The van der Waals surface area contributed by atoms with E-state index in [-0.39, 0.29) is 12.1 Å². The second kappa shape index (κ2) is 6.18. The molecule has 1 aliphatic rings. The van der Waals surface area contributed by atoms with Crippen LogP contribution >= 0.6 is 22.9 Å². The normalized spacial score (nSPS) is 18.3. The minimum atomic E-state index is -0.239. The molecule has 0 radical (unpaired) electrons. The zero-order chi connectivity index (χ0) is 14.8. The monoisotopic (exact) mass is 321 g/mol. The predicted molar refractivity (Wildman–Crippen MR) is 84.4 cm³/mol. The van der Waals surface area contributed by atoms with Crippen molar-refractivity contribution in [2.75, 3.05) is 6.54 Å². The second-order valence-electron chi connectivity index (χ2n) is 5.16. The summed E-state index contributed by atoms with van der Waals surface area (Å²) in [5.41, 5.74) is 2.24. The predicted octanol–water partition coefficient (Wildman–Crippen LogP) is 4.02. The average molecular weight is 322 g/mol. The molecule has 0 bridgehead atoms. The van der Waals surface area contributed by atoms with E-state index < -0.39 is 0 Å². The molecule has 0 saturated carbocycles. The molecule has 0 amide bonds. The van der Waals surface area contributed by atoms with Crippen LogP contribution in [-0.4, -0.2) is 17.4 Å². The van der Waals surface area contributed by atoms with Gasteiger partial charge < -0.3 is 4.74 Å². The topological polar surface area (TPSA) is 29.5 Å². The molecule has 3 rings (SSSR count). The van der Waals surface area contributed by atoms with Crippen LogP contribution in [0.2, 0.25) is 5.02 Å². The van der Waals surface area contributed by atoms with Gasteiger partial charge >= 0.3 is 5.97 Å². The Bertz CT molecular complexity index is 655. The Morgan fingerprint density at radius 3 is 3.00 bits per heavy atom. The average Bonchev–Trinajstić information content (AvgIpc) is 2.89. The largest absolute Gasteiger partial charge is 0.456 e. The molecule has 1 aliphatic heterocycles. The van der Waals surface area contributed by atoms with Crippen LogP contribution in [0.25, 0.3) is 0 Å². The summed E-state index contributed by atoms with van der Waals surface area (Å²) in [5, 5.41) is 2.83. The van der Waals surface area contributed by atoms with Gasteiger partial charge in [-0.2, -0.15) is 0 Å². The highest BCUT2D eigenvalue weighted by Crippen LogP contribution is 2.34. The van der Waals surface area contributed by atoms with E-state index in [1.807, 2.05) is 24.3 Å². The van der Waals surface area contributed by atoms with Crippen molar-refractivity contribution in [1.82, 2.24) is 4.90 Å². The molecule has 1 unspecified atom stereocenters. The van der Waals surface area contributed by atoms with Gasteiger partial charge in [-0.15, -0.1) is 11.3 Å². The van der Waals surface area contributed by atoms with Gasteiger partial charge in [-0.3, -0.25) is 9.69 Å². The lowest BCUT2D eigenvalue weighted by Crippen LogP contribution is -2.34. The van der Waals surface area contributed by atoms with E-state index in [0.717, 1.165) is 29.2 Å². The number of thiophene rings is 1. The second-order valence-corrected chi connectivity index (χ2v) is 6.57. The van der Waals surface area contributed by atoms with Crippen LogP contribution in [0, 0.1) is 0 Å². The highest BCUT2D eigenvalue weighted by molar-refractivity contribution is 7.10. The van der Waals surface area contributed by atoms with Crippen molar-refractivity contribution in [3.63, 3.8) is 0 Å². The number of fused-ring (bicyclic) bond motifs is 1. The van der Waals surface area contributed by atoms with E-state index in [4.69, 9.17) is 16.3 Å². The highest BCUT2D eigenvalue weighted by atomic mass is 35.5. The standard InChI is InChI=1S/C16H16ClNO2S/c1-11(19)20-15-9-18(10-16-13(15)6-7-21-16)8-12-4-2-3-5-14(12)17/h2-7,15H,8-10H2,1H3. The number of halogens is 1. The Kier molecular flexibility index (Phi) is 4.29. The molecule has 0 aliphatic carbocycles. The zero-order valence-electron chi connectivity index (χ0n) is 11.7. The summed E-state index contributed by atoms with van der Waals surface area (Å²) >= 11 is 7.94. The van der Waals surface area contributed by atoms with Crippen molar-refractivity contribution in [3.8, 4) is 0 Å². The number of carbonyl (C=O) groups is 1. The number of carbonyl (C=O) groups excluding carboxylic acids is 1. The van der Waals surface area contributed by atoms with Crippen molar-refractivity contribution < 1.29 is 9.53 Å². The van der Waals surface area contributed by atoms with Gasteiger partial charge in [0.05, 0.1) is 0 Å². The number of rotatable bonds is 3. The fourth-order valence-electron chi connectivity index (χ4n) is 2.66. The summed E-state index contributed by atoms with van der Waals surface area (Å²) < 4.78 is 5.47. The molecule has 3 nitrogen and oxygen atoms in total. The van der Waals surface area contributed by atoms with Crippen molar-refractivity contribution in [3.05, 3.63) is 56.7 Å². The third kappa shape index (κ3) is 3.28. The van der Waals surface area contributed by atoms with Crippen LogP contribution in [-0.2, 0) is 22.6 Å². The molecule has 0 fully saturated rings. The van der Waals surface area contributed by atoms with Gasteiger partial charge in [0.25, 0.3) is 0 Å². The molecule has 1 atom stereocenters. The Balaban J connectivity index is 1.80. The lowest BCUT2D eigenvalue weighted by molar-refractivity contribution is -0.148. The number of benzene rings is 1. The van der Waals surface area contributed by atoms with E-state index >= 15 is 0 Å². The summed E-state index contributed by atoms with van der Waals surface area (Å²) in [7, 11) is 0. The lowest BCUT2D eigenvalue weighted by Gasteiger charge is -2.32. The maximum atomic E-state index is 11.3. The van der Waals surface area contributed by atoms with Crippen LogP contribution in [0.1, 0.15) is 29.0 Å². The van der Waals surface area contributed by atoms with E-state index in [0.29, 0.717) is 6.54 Å². The van der Waals surface area contributed by atoms with Crippen LogP contribution in [0.15, 0.2) is 35.7 Å². The van der Waals surface area contributed by atoms with Crippen LogP contribution in [0.3, 0.4) is 0 Å². The Morgan fingerprint density at radius 1 is 1.43 bits per heavy atom. The quantitative estimate of drug-likeness (QED) is 0.800. The number of hydrogen-bond donors (Lipinski definition) is 0. The molecule has 21 heavy (non-hydrogen) atoms. The van der Waals surface area contributed by atoms with E-state index in [9.17, 15) is 4.79 Å². The molecule has 1 aromatic carbocycles. The first-order valence-electron chi connectivity index (χ1n) is 6.82. The molecule has 2 aromatic rings. The van der Waals surface area contributed by atoms with Gasteiger partial charge in [-0.05, 0) is 23.1 Å². The van der Waals surface area contributed by atoms with E-state index in [2.05, 4.69) is 16.3 Å². The van der Waals surface area contributed by atoms with Gasteiger partial charge in [-0.1, -0.05) is 29.8 Å². The van der Waals surface area contributed by atoms with Gasteiger partial charge in [-0.25, -0.2) is 0 Å². The molecule has 0 spiro atoms. The van der Waals surface area contributed by atoms with Crippen molar-refractivity contribution >= 4 is 28.9 Å². The summed E-state index contributed by atoms with van der Waals surface area (Å²) in [6, 6.07) is 9.92. The smallest absolute Gasteiger partial charge is 0.303 e. The van der Waals surface area contributed by atoms with Gasteiger partial charge in [0.1, 0.15) is 6.10 Å². The minimum Gasteiger partial charge on any atom is -0.456 e. The van der Waals surface area contributed by atoms with Crippen LogP contribution in [0.4, 0.5) is 0 Å². The SMILES string of the molecule is CC(=O)OC1CN(Cc2ccccc2Cl)Cc2sccc21. The Labute approximate surface area is 133 Å². The minimum absolute atomic E-state index is 0.181. The van der Waals surface area contributed by atoms with Crippen molar-refractivity contribution in [2.45, 2.75) is 26.1 Å². The number of nitrogens with zero attached hydrogens (tertiary/aromatic N) is 1. The van der Waals surface area contributed by atoms with Crippen LogP contribution < -0.4 is 0 Å². The fraction of sp³-hybridized carbons (Fsp3) is 0.312. The number of hydrogen-bond acceptors (Lipinski definition) is 4.